The fraction of sp³-hybridized carbons (Fsp3) is 0.258. The average molecular weight is 524 g/mol. The number of hydrogen-bond acceptors (Lipinski definition) is 6. The normalized spacial score (nSPS) is 23.5. The van der Waals surface area contributed by atoms with Crippen LogP contribution in [0.4, 0.5) is 5.69 Å². The highest BCUT2D eigenvalue weighted by atomic mass is 16.6. The van der Waals surface area contributed by atoms with Gasteiger partial charge in [-0.3, -0.25) is 20.2 Å². The van der Waals surface area contributed by atoms with Gasteiger partial charge >= 0.3 is 0 Å². The molecule has 6 rings (SSSR count). The van der Waals surface area contributed by atoms with Crippen LogP contribution in [0.5, 0.6) is 11.5 Å². The van der Waals surface area contributed by atoms with Crippen molar-refractivity contribution in [2.45, 2.75) is 44.0 Å². The molecule has 2 heterocycles. The zero-order chi connectivity index (χ0) is 27.1. The first-order valence-corrected chi connectivity index (χ1v) is 13.1. The van der Waals surface area contributed by atoms with Crippen molar-refractivity contribution in [1.29, 1.82) is 0 Å². The molecule has 8 nitrogen and oxygen atoms in total. The molecule has 4 aromatic carbocycles. The molecule has 4 aromatic rings. The second-order valence-corrected chi connectivity index (χ2v) is 10.1. The molecule has 0 bridgehead atoms. The third-order valence-electron chi connectivity index (χ3n) is 7.82. The first-order valence-electron chi connectivity index (χ1n) is 13.1. The lowest BCUT2D eigenvalue weighted by Crippen LogP contribution is -2.54. The number of rotatable bonds is 7. The average Bonchev–Trinajstić information content (AvgIpc) is 3.41. The van der Waals surface area contributed by atoms with Gasteiger partial charge in [0.15, 0.2) is 17.0 Å². The highest BCUT2D eigenvalue weighted by Crippen LogP contribution is 2.50. The molecular formula is C31H29N3O5. The minimum atomic E-state index is -1.46. The van der Waals surface area contributed by atoms with Crippen LogP contribution < -0.4 is 20.1 Å². The van der Waals surface area contributed by atoms with Crippen molar-refractivity contribution in [2.24, 2.45) is 0 Å². The van der Waals surface area contributed by atoms with Gasteiger partial charge in [0.05, 0.1) is 12.5 Å². The van der Waals surface area contributed by atoms with Gasteiger partial charge in [-0.05, 0) is 60.0 Å². The molecule has 0 saturated carbocycles. The number of nitrogens with one attached hydrogen (secondary N) is 2. The number of carbonyl (C=O) groups is 1. The standard InChI is InChI=1S/C31H29N3O5/c1-3-38-27-17-23(14-15-26(27)39-18-20-12-13-21-8-4-5-9-22(21)16-20)28-19(2)33-31(29(28)34(36)37)24-10-6-7-11-25(24)32-30(31)35/h4-17,19,28-29,33H,3,18H2,1-2H3,(H,32,35)/t19-,28-,29+,31+/m0/s1. The zero-order valence-electron chi connectivity index (χ0n) is 21.7. The number of carbonyl (C=O) groups excluding carboxylic acids is 1. The molecule has 0 radical (unpaired) electrons. The Labute approximate surface area is 226 Å². The van der Waals surface area contributed by atoms with Crippen molar-refractivity contribution in [3.63, 3.8) is 0 Å². The van der Waals surface area contributed by atoms with E-state index in [1.807, 2.05) is 44.2 Å². The lowest BCUT2D eigenvalue weighted by molar-refractivity contribution is -0.532. The smallest absolute Gasteiger partial charge is 0.256 e. The number of para-hydroxylation sites is 1. The Bertz CT molecular complexity index is 1590. The van der Waals surface area contributed by atoms with E-state index in [1.54, 1.807) is 30.3 Å². The van der Waals surface area contributed by atoms with Crippen LogP contribution in [0.15, 0.2) is 84.9 Å². The maximum absolute atomic E-state index is 13.3. The molecule has 0 aromatic heterocycles. The van der Waals surface area contributed by atoms with Crippen LogP contribution in [0.1, 0.15) is 36.5 Å². The van der Waals surface area contributed by atoms with E-state index in [9.17, 15) is 14.9 Å². The summed E-state index contributed by atoms with van der Waals surface area (Å²) in [6.07, 6.45) is 0. The maximum atomic E-state index is 13.3. The van der Waals surface area contributed by atoms with Crippen LogP contribution in [0, 0.1) is 10.1 Å². The van der Waals surface area contributed by atoms with Gasteiger partial charge in [0.2, 0.25) is 0 Å². The highest BCUT2D eigenvalue weighted by Gasteiger charge is 2.67. The molecule has 198 valence electrons. The van der Waals surface area contributed by atoms with Gasteiger partial charge in [0.1, 0.15) is 6.61 Å². The van der Waals surface area contributed by atoms with Crippen molar-refractivity contribution >= 4 is 22.4 Å². The molecule has 2 aliphatic heterocycles. The van der Waals surface area contributed by atoms with Crippen molar-refractivity contribution in [3.05, 3.63) is 112 Å². The van der Waals surface area contributed by atoms with E-state index in [0.29, 0.717) is 41.5 Å². The molecule has 1 amide bonds. The zero-order valence-corrected chi connectivity index (χ0v) is 21.7. The third kappa shape index (κ3) is 4.08. The number of amides is 1. The molecule has 0 aliphatic carbocycles. The Morgan fingerprint density at radius 2 is 1.69 bits per heavy atom. The van der Waals surface area contributed by atoms with E-state index in [-0.39, 0.29) is 11.0 Å². The Hall–Kier alpha value is -4.43. The summed E-state index contributed by atoms with van der Waals surface area (Å²) in [5.74, 6) is 0.0942. The summed E-state index contributed by atoms with van der Waals surface area (Å²) in [5, 5.41) is 21.1. The quantitative estimate of drug-likeness (QED) is 0.249. The number of fused-ring (bicyclic) bond motifs is 3. The maximum Gasteiger partial charge on any atom is 0.256 e. The molecule has 1 saturated heterocycles. The monoisotopic (exact) mass is 523 g/mol. The second-order valence-electron chi connectivity index (χ2n) is 10.1. The lowest BCUT2D eigenvalue weighted by atomic mass is 9.78. The molecule has 1 spiro atoms. The van der Waals surface area contributed by atoms with E-state index < -0.39 is 23.4 Å². The molecule has 4 atom stereocenters. The Morgan fingerprint density at radius 1 is 0.923 bits per heavy atom. The largest absolute Gasteiger partial charge is 0.490 e. The first-order chi connectivity index (χ1) is 18.9. The molecule has 8 heteroatoms. The van der Waals surface area contributed by atoms with Crippen molar-refractivity contribution in [2.75, 3.05) is 11.9 Å². The Balaban J connectivity index is 1.32. The number of nitrogens with zero attached hydrogens (tertiary/aromatic N) is 1. The van der Waals surface area contributed by atoms with Crippen molar-refractivity contribution in [3.8, 4) is 11.5 Å². The first kappa shape index (κ1) is 24.9. The summed E-state index contributed by atoms with van der Waals surface area (Å²) < 4.78 is 12.1. The number of benzene rings is 4. The summed E-state index contributed by atoms with van der Waals surface area (Å²) in [6.45, 7) is 4.53. The molecule has 1 fully saturated rings. The minimum Gasteiger partial charge on any atom is -0.490 e. The Kier molecular flexibility index (Phi) is 6.19. The van der Waals surface area contributed by atoms with Gasteiger partial charge in [-0.2, -0.15) is 0 Å². The van der Waals surface area contributed by atoms with Gasteiger partial charge in [0, 0.05) is 22.2 Å². The van der Waals surface area contributed by atoms with Gasteiger partial charge in [-0.1, -0.05) is 60.7 Å². The van der Waals surface area contributed by atoms with Crippen LogP contribution in [-0.2, 0) is 16.9 Å². The fourth-order valence-electron chi connectivity index (χ4n) is 6.16. The van der Waals surface area contributed by atoms with Crippen LogP contribution in [0.2, 0.25) is 0 Å². The summed E-state index contributed by atoms with van der Waals surface area (Å²) in [6, 6.07) is 25.4. The SMILES string of the molecule is CCOc1cc([C@@H]2[C@H](C)N[C@@]3(C(=O)Nc4ccccc43)[C@@H]2[N+](=O)[O-])ccc1OCc1ccc2ccccc2c1. The van der Waals surface area contributed by atoms with Crippen LogP contribution in [0.3, 0.4) is 0 Å². The van der Waals surface area contributed by atoms with Crippen molar-refractivity contribution in [1.82, 2.24) is 5.32 Å². The Morgan fingerprint density at radius 3 is 2.49 bits per heavy atom. The summed E-state index contributed by atoms with van der Waals surface area (Å²) in [5.41, 5.74) is 1.48. The summed E-state index contributed by atoms with van der Waals surface area (Å²) in [4.78, 5) is 25.6. The highest BCUT2D eigenvalue weighted by molar-refractivity contribution is 6.07. The molecule has 39 heavy (non-hydrogen) atoms. The number of anilines is 1. The van der Waals surface area contributed by atoms with Crippen LogP contribution in [-0.4, -0.2) is 29.5 Å². The third-order valence-corrected chi connectivity index (χ3v) is 7.82. The summed E-state index contributed by atoms with van der Waals surface area (Å²) in [7, 11) is 0. The molecular weight excluding hydrogens is 494 g/mol. The predicted molar refractivity (Wildman–Crippen MR) is 149 cm³/mol. The summed E-state index contributed by atoms with van der Waals surface area (Å²) >= 11 is 0. The van der Waals surface area contributed by atoms with E-state index in [1.165, 1.54) is 0 Å². The molecule has 2 aliphatic rings. The molecule has 2 N–H and O–H groups in total. The number of ether oxygens (including phenoxy) is 2. The van der Waals surface area contributed by atoms with E-state index in [0.717, 1.165) is 16.3 Å². The topological polar surface area (TPSA) is 103 Å². The molecule has 0 unspecified atom stereocenters. The second kappa shape index (κ2) is 9.71. The van der Waals surface area contributed by atoms with Gasteiger partial charge in [0.25, 0.3) is 11.9 Å². The van der Waals surface area contributed by atoms with Gasteiger partial charge in [-0.15, -0.1) is 0 Å². The fourth-order valence-corrected chi connectivity index (χ4v) is 6.16. The number of nitro groups is 1. The predicted octanol–water partition coefficient (Wildman–Crippen LogP) is 5.39. The van der Waals surface area contributed by atoms with Crippen molar-refractivity contribution < 1.29 is 19.2 Å². The van der Waals surface area contributed by atoms with Gasteiger partial charge < -0.3 is 14.8 Å². The number of hydrogen-bond donors (Lipinski definition) is 2. The minimum absolute atomic E-state index is 0.326. The van der Waals surface area contributed by atoms with E-state index >= 15 is 0 Å². The van der Waals surface area contributed by atoms with Gasteiger partial charge in [-0.25, -0.2) is 0 Å². The lowest BCUT2D eigenvalue weighted by Gasteiger charge is -2.25. The van der Waals surface area contributed by atoms with E-state index in [2.05, 4.69) is 34.9 Å². The van der Waals surface area contributed by atoms with Crippen LogP contribution in [0.25, 0.3) is 10.8 Å². The van der Waals surface area contributed by atoms with E-state index in [4.69, 9.17) is 9.47 Å². The van der Waals surface area contributed by atoms with Crippen LogP contribution >= 0.6 is 0 Å².